The predicted molar refractivity (Wildman–Crippen MR) is 204 cm³/mol. The minimum Gasteiger partial charge on any atom is -0.294 e. The van der Waals surface area contributed by atoms with E-state index in [1.165, 1.54) is 11.1 Å². The summed E-state index contributed by atoms with van der Waals surface area (Å²) in [4.78, 5) is 10.9. The van der Waals surface area contributed by atoms with Crippen LogP contribution in [0, 0.1) is 0 Å². The fourth-order valence-corrected chi connectivity index (χ4v) is 6.83. The third kappa shape index (κ3) is 5.28. The first-order valence-electron chi connectivity index (χ1n) is 16.6. The lowest BCUT2D eigenvalue weighted by atomic mass is 9.95. The van der Waals surface area contributed by atoms with Gasteiger partial charge in [0.05, 0.1) is 16.6 Å². The average molecular weight is 626 g/mol. The highest BCUT2D eigenvalue weighted by molar-refractivity contribution is 6.14. The van der Waals surface area contributed by atoms with E-state index in [4.69, 9.17) is 9.97 Å². The van der Waals surface area contributed by atoms with Gasteiger partial charge in [0.2, 0.25) is 0 Å². The average Bonchev–Trinajstić information content (AvgIpc) is 3.53. The first-order valence-corrected chi connectivity index (χ1v) is 16.6. The van der Waals surface area contributed by atoms with Crippen molar-refractivity contribution in [2.24, 2.45) is 0 Å². The van der Waals surface area contributed by atoms with Gasteiger partial charge in [-0.2, -0.15) is 0 Å². The largest absolute Gasteiger partial charge is 0.294 e. The topological polar surface area (TPSA) is 30.7 Å². The number of hydrogen-bond acceptors (Lipinski definition) is 2. The molecule has 0 saturated carbocycles. The summed E-state index contributed by atoms with van der Waals surface area (Å²) in [5, 5.41) is 2.16. The number of aromatic nitrogens is 3. The van der Waals surface area contributed by atoms with Crippen molar-refractivity contribution >= 4 is 21.9 Å². The lowest BCUT2D eigenvalue weighted by Gasteiger charge is -2.13. The van der Waals surface area contributed by atoms with Crippen molar-refractivity contribution in [3.63, 3.8) is 0 Å². The molecule has 3 nitrogen and oxygen atoms in total. The Balaban J connectivity index is 1.34. The molecule has 0 aliphatic carbocycles. The molecule has 0 atom stereocenters. The van der Waals surface area contributed by atoms with Crippen LogP contribution in [0.5, 0.6) is 0 Å². The highest BCUT2D eigenvalue weighted by Crippen LogP contribution is 2.40. The van der Waals surface area contributed by atoms with Crippen LogP contribution in [0.15, 0.2) is 188 Å². The maximum Gasteiger partial charge on any atom is 0.162 e. The van der Waals surface area contributed by atoms with E-state index in [1.807, 2.05) is 0 Å². The van der Waals surface area contributed by atoms with E-state index in [0.717, 1.165) is 66.7 Å². The SMILES string of the molecule is c1ccc(-c2ccc(-c3nc(-c4cc(-c5ccccc5)cc(-c5ccccc5)c4)nc4c3c3ccccc3n4-c3ccccc3)cc2)cc1. The first-order chi connectivity index (χ1) is 24.3. The van der Waals surface area contributed by atoms with Gasteiger partial charge in [0.15, 0.2) is 5.82 Å². The summed E-state index contributed by atoms with van der Waals surface area (Å²) in [6, 6.07) is 66.1. The minimum atomic E-state index is 0.685. The molecule has 0 saturated heterocycles. The van der Waals surface area contributed by atoms with Gasteiger partial charge in [-0.05, 0) is 69.8 Å². The molecule has 0 N–H and O–H groups in total. The molecule has 0 radical (unpaired) electrons. The van der Waals surface area contributed by atoms with E-state index in [0.29, 0.717) is 5.82 Å². The molecule has 3 heteroatoms. The molecule has 0 unspecified atom stereocenters. The maximum absolute atomic E-state index is 5.45. The Bertz CT molecular complexity index is 2500. The molecule has 0 aliphatic rings. The van der Waals surface area contributed by atoms with Crippen molar-refractivity contribution in [1.82, 2.24) is 14.5 Å². The van der Waals surface area contributed by atoms with Gasteiger partial charge in [-0.25, -0.2) is 9.97 Å². The molecule has 2 heterocycles. The van der Waals surface area contributed by atoms with Gasteiger partial charge in [0.1, 0.15) is 5.65 Å². The van der Waals surface area contributed by atoms with Crippen LogP contribution in [0.2, 0.25) is 0 Å². The fourth-order valence-electron chi connectivity index (χ4n) is 6.83. The van der Waals surface area contributed by atoms with Crippen LogP contribution in [0.25, 0.3) is 83.6 Å². The molecule has 0 bridgehead atoms. The minimum absolute atomic E-state index is 0.685. The van der Waals surface area contributed by atoms with E-state index in [2.05, 4.69) is 193 Å². The molecule has 0 fully saturated rings. The monoisotopic (exact) mass is 625 g/mol. The Labute approximate surface area is 285 Å². The molecule has 0 aliphatic heterocycles. The molecule has 230 valence electrons. The van der Waals surface area contributed by atoms with Crippen LogP contribution in [-0.4, -0.2) is 14.5 Å². The molecule has 49 heavy (non-hydrogen) atoms. The molecule has 0 spiro atoms. The number of para-hydroxylation sites is 2. The zero-order valence-corrected chi connectivity index (χ0v) is 26.7. The van der Waals surface area contributed by atoms with E-state index in [9.17, 15) is 0 Å². The molecule has 9 rings (SSSR count). The predicted octanol–water partition coefficient (Wildman–Crippen LogP) is 11.9. The lowest BCUT2D eigenvalue weighted by Crippen LogP contribution is -2.00. The Morgan fingerprint density at radius 2 is 0.796 bits per heavy atom. The summed E-state index contributed by atoms with van der Waals surface area (Å²) in [5.74, 6) is 0.685. The molecular formula is C46H31N3. The van der Waals surface area contributed by atoms with Crippen molar-refractivity contribution in [2.75, 3.05) is 0 Å². The summed E-state index contributed by atoms with van der Waals surface area (Å²) >= 11 is 0. The second kappa shape index (κ2) is 12.2. The summed E-state index contributed by atoms with van der Waals surface area (Å²) in [5.41, 5.74) is 12.9. The van der Waals surface area contributed by atoms with E-state index in [-0.39, 0.29) is 0 Å². The normalized spacial score (nSPS) is 11.3. The highest BCUT2D eigenvalue weighted by Gasteiger charge is 2.21. The van der Waals surface area contributed by atoms with Crippen molar-refractivity contribution < 1.29 is 0 Å². The lowest BCUT2D eigenvalue weighted by molar-refractivity contribution is 1.11. The Morgan fingerprint density at radius 1 is 0.347 bits per heavy atom. The summed E-state index contributed by atoms with van der Waals surface area (Å²) in [6.07, 6.45) is 0. The standard InChI is InChI=1S/C46H31N3/c1-5-15-32(16-6-1)35-25-27-36(28-26-35)44-43-41-23-13-14-24-42(41)49(40-21-11-4-12-22-40)46(43)48-45(47-44)39-30-37(33-17-7-2-8-18-33)29-38(31-39)34-19-9-3-10-20-34/h1-31H. The van der Waals surface area contributed by atoms with Crippen LogP contribution in [0.1, 0.15) is 0 Å². The number of benzene rings is 7. The number of rotatable bonds is 6. The van der Waals surface area contributed by atoms with Gasteiger partial charge in [0, 0.05) is 22.2 Å². The smallest absolute Gasteiger partial charge is 0.162 e. The van der Waals surface area contributed by atoms with Crippen LogP contribution in [0.4, 0.5) is 0 Å². The van der Waals surface area contributed by atoms with E-state index >= 15 is 0 Å². The van der Waals surface area contributed by atoms with Gasteiger partial charge in [-0.15, -0.1) is 0 Å². The molecule has 0 amide bonds. The second-order valence-electron chi connectivity index (χ2n) is 12.3. The van der Waals surface area contributed by atoms with Gasteiger partial charge in [-0.3, -0.25) is 4.57 Å². The molecular weight excluding hydrogens is 595 g/mol. The van der Waals surface area contributed by atoms with Crippen molar-refractivity contribution in [3.8, 4) is 61.7 Å². The third-order valence-electron chi connectivity index (χ3n) is 9.20. The van der Waals surface area contributed by atoms with Crippen molar-refractivity contribution in [1.29, 1.82) is 0 Å². The van der Waals surface area contributed by atoms with E-state index < -0.39 is 0 Å². The van der Waals surface area contributed by atoms with Crippen LogP contribution < -0.4 is 0 Å². The fraction of sp³-hybridized carbons (Fsp3) is 0. The Kier molecular flexibility index (Phi) is 7.14. The number of hydrogen-bond donors (Lipinski definition) is 0. The molecule has 9 aromatic rings. The van der Waals surface area contributed by atoms with Crippen LogP contribution >= 0.6 is 0 Å². The maximum atomic E-state index is 5.45. The van der Waals surface area contributed by atoms with Crippen molar-refractivity contribution in [2.45, 2.75) is 0 Å². The summed E-state index contributed by atoms with van der Waals surface area (Å²) < 4.78 is 2.27. The number of fused-ring (bicyclic) bond motifs is 3. The van der Waals surface area contributed by atoms with Gasteiger partial charge in [0.25, 0.3) is 0 Å². The van der Waals surface area contributed by atoms with Gasteiger partial charge >= 0.3 is 0 Å². The quantitative estimate of drug-likeness (QED) is 0.184. The van der Waals surface area contributed by atoms with Gasteiger partial charge in [-0.1, -0.05) is 152 Å². The third-order valence-corrected chi connectivity index (χ3v) is 9.20. The zero-order valence-electron chi connectivity index (χ0n) is 26.7. The molecule has 2 aromatic heterocycles. The summed E-state index contributed by atoms with van der Waals surface area (Å²) in [6.45, 7) is 0. The van der Waals surface area contributed by atoms with Gasteiger partial charge < -0.3 is 0 Å². The Hall–Kier alpha value is -6.58. The Morgan fingerprint density at radius 3 is 1.39 bits per heavy atom. The molecule has 7 aromatic carbocycles. The van der Waals surface area contributed by atoms with E-state index in [1.54, 1.807) is 0 Å². The number of nitrogens with zero attached hydrogens (tertiary/aromatic N) is 3. The first kappa shape index (κ1) is 28.6. The second-order valence-corrected chi connectivity index (χ2v) is 12.3. The van der Waals surface area contributed by atoms with Crippen LogP contribution in [0.3, 0.4) is 0 Å². The van der Waals surface area contributed by atoms with Crippen molar-refractivity contribution in [3.05, 3.63) is 188 Å². The zero-order chi connectivity index (χ0) is 32.6. The summed E-state index contributed by atoms with van der Waals surface area (Å²) in [7, 11) is 0. The van der Waals surface area contributed by atoms with Crippen LogP contribution in [-0.2, 0) is 0 Å². The highest BCUT2D eigenvalue weighted by atomic mass is 15.1.